The summed E-state index contributed by atoms with van der Waals surface area (Å²) in [7, 11) is 0. The Hall–Kier alpha value is -2.41. The smallest absolute Gasteiger partial charge is 0.260 e. The lowest BCUT2D eigenvalue weighted by Crippen LogP contribution is -2.24. The van der Waals surface area contributed by atoms with Gasteiger partial charge in [-0.15, -0.1) is 0 Å². The van der Waals surface area contributed by atoms with Gasteiger partial charge < -0.3 is 9.88 Å². The van der Waals surface area contributed by atoms with Crippen LogP contribution in [0, 0.1) is 12.8 Å². The van der Waals surface area contributed by atoms with Crippen molar-refractivity contribution in [1.29, 1.82) is 0 Å². The Morgan fingerprint density at radius 2 is 2.19 bits per heavy atom. The van der Waals surface area contributed by atoms with Gasteiger partial charge in [0.15, 0.2) is 5.65 Å². The van der Waals surface area contributed by atoms with Crippen LogP contribution >= 0.6 is 11.6 Å². The second-order valence-corrected chi connectivity index (χ2v) is 7.85. The zero-order valence-corrected chi connectivity index (χ0v) is 16.5. The van der Waals surface area contributed by atoms with Gasteiger partial charge in [-0.1, -0.05) is 25.4 Å². The molecule has 1 atom stereocenters. The maximum atomic E-state index is 11.9. The lowest BCUT2D eigenvalue weighted by atomic mass is 10.1. The minimum absolute atomic E-state index is 0.130. The van der Waals surface area contributed by atoms with Gasteiger partial charge in [-0.2, -0.15) is 5.10 Å². The number of hydrogen-bond acceptors (Lipinski definition) is 5. The van der Waals surface area contributed by atoms with Gasteiger partial charge in [-0.05, 0) is 37.8 Å². The molecule has 1 N–H and O–H groups in total. The number of aryl methyl sites for hydroxylation is 1. The molecule has 27 heavy (non-hydrogen) atoms. The molecule has 8 heteroatoms. The monoisotopic (exact) mass is 386 g/mol. The normalized spacial score (nSPS) is 17.4. The highest BCUT2D eigenvalue weighted by molar-refractivity contribution is 6.30. The van der Waals surface area contributed by atoms with Gasteiger partial charge in [0, 0.05) is 18.7 Å². The van der Waals surface area contributed by atoms with E-state index in [1.807, 2.05) is 17.7 Å². The van der Waals surface area contributed by atoms with E-state index in [4.69, 9.17) is 11.6 Å². The molecule has 0 amide bonds. The van der Waals surface area contributed by atoms with Crippen LogP contribution in [0.25, 0.3) is 11.0 Å². The second-order valence-electron chi connectivity index (χ2n) is 7.49. The van der Waals surface area contributed by atoms with E-state index < -0.39 is 0 Å². The lowest BCUT2D eigenvalue weighted by molar-refractivity contribution is 0.481. The molecule has 0 spiro atoms. The van der Waals surface area contributed by atoms with Crippen LogP contribution in [0.1, 0.15) is 44.0 Å². The summed E-state index contributed by atoms with van der Waals surface area (Å²) in [4.78, 5) is 25.6. The topological polar surface area (TPSA) is 79.7 Å². The first-order valence-corrected chi connectivity index (χ1v) is 9.67. The Morgan fingerprint density at radius 3 is 2.96 bits per heavy atom. The van der Waals surface area contributed by atoms with Crippen molar-refractivity contribution < 1.29 is 0 Å². The van der Waals surface area contributed by atoms with E-state index in [-0.39, 0.29) is 11.6 Å². The number of nitrogens with one attached hydrogen (secondary N) is 1. The fourth-order valence-corrected chi connectivity index (χ4v) is 4.23. The van der Waals surface area contributed by atoms with Crippen LogP contribution < -0.4 is 10.5 Å². The van der Waals surface area contributed by atoms with E-state index in [1.165, 1.54) is 6.33 Å². The zero-order valence-electron chi connectivity index (χ0n) is 15.7. The summed E-state index contributed by atoms with van der Waals surface area (Å²) in [6, 6.07) is 3.81. The number of H-pyrrole nitrogens is 1. The van der Waals surface area contributed by atoms with Gasteiger partial charge in [0.2, 0.25) is 0 Å². The molecule has 1 fully saturated rings. The molecular weight excluding hydrogens is 364 g/mol. The number of hydrogen-bond donors (Lipinski definition) is 1. The number of rotatable bonds is 4. The minimum atomic E-state index is -0.175. The molecular formula is C19H23ClN6O. The zero-order chi connectivity index (χ0) is 19.1. The predicted octanol–water partition coefficient (Wildman–Crippen LogP) is 3.47. The van der Waals surface area contributed by atoms with Crippen LogP contribution in [0.2, 0.25) is 5.15 Å². The second kappa shape index (κ2) is 6.96. The molecule has 0 saturated carbocycles. The minimum Gasteiger partial charge on any atom is -0.349 e. The van der Waals surface area contributed by atoms with Crippen LogP contribution in [0.3, 0.4) is 0 Å². The van der Waals surface area contributed by atoms with Gasteiger partial charge in [0.1, 0.15) is 11.0 Å². The predicted molar refractivity (Wildman–Crippen MR) is 106 cm³/mol. The molecule has 4 rings (SSSR count). The molecule has 0 aromatic carbocycles. The molecule has 0 bridgehead atoms. The number of aromatic nitrogens is 5. The molecule has 0 radical (unpaired) electrons. The van der Waals surface area contributed by atoms with E-state index in [0.29, 0.717) is 22.1 Å². The van der Waals surface area contributed by atoms with Gasteiger partial charge >= 0.3 is 0 Å². The van der Waals surface area contributed by atoms with Crippen molar-refractivity contribution in [2.24, 2.45) is 5.92 Å². The third-order valence-electron chi connectivity index (χ3n) is 5.02. The van der Waals surface area contributed by atoms with Crippen LogP contribution in [0.15, 0.2) is 23.3 Å². The maximum Gasteiger partial charge on any atom is 0.260 e. The van der Waals surface area contributed by atoms with Gasteiger partial charge in [0.05, 0.1) is 23.4 Å². The molecule has 1 aliphatic heterocycles. The summed E-state index contributed by atoms with van der Waals surface area (Å²) >= 11 is 6.72. The van der Waals surface area contributed by atoms with E-state index in [2.05, 4.69) is 38.8 Å². The van der Waals surface area contributed by atoms with Crippen molar-refractivity contribution in [1.82, 2.24) is 24.7 Å². The standard InChI is InChI=1S/C19H23ClN6O/c1-11(2)9-26-17(20)16(12(3)24-26)14-5-4-8-25(14)15-7-6-13-18(23-15)21-10-22-19(13)27/h6-7,10-11,14H,4-5,8-9H2,1-3H3,(H,21,22,23,27). The molecule has 1 unspecified atom stereocenters. The van der Waals surface area contributed by atoms with Gasteiger partial charge in [-0.3, -0.25) is 9.48 Å². The molecule has 7 nitrogen and oxygen atoms in total. The molecule has 3 aromatic heterocycles. The van der Waals surface area contributed by atoms with Gasteiger partial charge in [-0.25, -0.2) is 9.97 Å². The Bertz CT molecular complexity index is 1040. The molecule has 142 valence electrons. The number of halogens is 1. The fraction of sp³-hybridized carbons (Fsp3) is 0.474. The third-order valence-corrected chi connectivity index (χ3v) is 5.41. The molecule has 4 heterocycles. The first-order valence-electron chi connectivity index (χ1n) is 9.29. The number of nitrogens with zero attached hydrogens (tertiary/aromatic N) is 5. The number of anilines is 1. The first kappa shape index (κ1) is 18.0. The van der Waals surface area contributed by atoms with Crippen molar-refractivity contribution in [2.45, 2.75) is 46.2 Å². The van der Waals surface area contributed by atoms with Crippen molar-refractivity contribution >= 4 is 28.5 Å². The fourth-order valence-electron chi connectivity index (χ4n) is 3.86. The summed E-state index contributed by atoms with van der Waals surface area (Å²) in [5, 5.41) is 5.88. The van der Waals surface area contributed by atoms with E-state index in [1.54, 1.807) is 6.07 Å². The first-order chi connectivity index (χ1) is 13.0. The van der Waals surface area contributed by atoms with Crippen molar-refractivity contribution in [3.05, 3.63) is 45.2 Å². The largest absolute Gasteiger partial charge is 0.349 e. The SMILES string of the molecule is Cc1nn(CC(C)C)c(Cl)c1C1CCCN1c1ccc2c(=O)[nH]cnc2n1. The van der Waals surface area contributed by atoms with Crippen LogP contribution in [-0.4, -0.2) is 31.3 Å². The number of pyridine rings is 1. The Kier molecular flexibility index (Phi) is 4.63. The molecule has 0 aliphatic carbocycles. The summed E-state index contributed by atoms with van der Waals surface area (Å²) in [6.45, 7) is 8.01. The molecule has 1 saturated heterocycles. The van der Waals surface area contributed by atoms with Crippen LogP contribution in [-0.2, 0) is 6.54 Å². The van der Waals surface area contributed by atoms with Crippen molar-refractivity contribution in [3.8, 4) is 0 Å². The number of aromatic amines is 1. The van der Waals surface area contributed by atoms with E-state index in [9.17, 15) is 4.79 Å². The van der Waals surface area contributed by atoms with E-state index in [0.717, 1.165) is 43.0 Å². The summed E-state index contributed by atoms with van der Waals surface area (Å²) in [5.41, 5.74) is 2.33. The van der Waals surface area contributed by atoms with E-state index >= 15 is 0 Å². The maximum absolute atomic E-state index is 11.9. The molecule has 3 aromatic rings. The average molecular weight is 387 g/mol. The Labute approximate surface area is 162 Å². The van der Waals surface area contributed by atoms with Crippen molar-refractivity contribution in [2.75, 3.05) is 11.4 Å². The summed E-state index contributed by atoms with van der Waals surface area (Å²) in [5.74, 6) is 1.29. The summed E-state index contributed by atoms with van der Waals surface area (Å²) in [6.07, 6.45) is 3.44. The molecule has 1 aliphatic rings. The summed E-state index contributed by atoms with van der Waals surface area (Å²) < 4.78 is 1.91. The van der Waals surface area contributed by atoms with Crippen molar-refractivity contribution in [3.63, 3.8) is 0 Å². The van der Waals surface area contributed by atoms with Crippen LogP contribution in [0.4, 0.5) is 5.82 Å². The Balaban J connectivity index is 1.73. The average Bonchev–Trinajstić information content (AvgIpc) is 3.19. The quantitative estimate of drug-likeness (QED) is 0.742. The highest BCUT2D eigenvalue weighted by atomic mass is 35.5. The Morgan fingerprint density at radius 1 is 1.37 bits per heavy atom. The highest BCUT2D eigenvalue weighted by Crippen LogP contribution is 2.40. The van der Waals surface area contributed by atoms with Crippen LogP contribution in [0.5, 0.6) is 0 Å². The highest BCUT2D eigenvalue weighted by Gasteiger charge is 2.32. The van der Waals surface area contributed by atoms with Gasteiger partial charge in [0.25, 0.3) is 5.56 Å². The third kappa shape index (κ3) is 3.20. The lowest BCUT2D eigenvalue weighted by Gasteiger charge is -2.26. The number of fused-ring (bicyclic) bond motifs is 1.